The van der Waals surface area contributed by atoms with Crippen LogP contribution in [-0.2, 0) is 18.3 Å². The third-order valence-corrected chi connectivity index (χ3v) is 7.60. The molecule has 0 fully saturated rings. The minimum Gasteiger partial charge on any atom is -0.484 e. The summed E-state index contributed by atoms with van der Waals surface area (Å²) in [4.78, 5) is 24.3. The molecule has 7 heteroatoms. The number of aromatic nitrogens is 1. The van der Waals surface area contributed by atoms with Crippen molar-refractivity contribution < 1.29 is 19.4 Å². The Kier molecular flexibility index (Phi) is 9.89. The van der Waals surface area contributed by atoms with Crippen LogP contribution >= 0.6 is 11.3 Å². The highest BCUT2D eigenvalue weighted by molar-refractivity contribution is 7.10. The lowest BCUT2D eigenvalue weighted by Crippen LogP contribution is -2.15. The number of benzene rings is 3. The van der Waals surface area contributed by atoms with E-state index in [1.165, 1.54) is 15.6 Å². The highest BCUT2D eigenvalue weighted by Gasteiger charge is 2.16. The summed E-state index contributed by atoms with van der Waals surface area (Å²) in [7, 11) is 3.68. The quantitative estimate of drug-likeness (QED) is 0.185. The van der Waals surface area contributed by atoms with Crippen molar-refractivity contribution in [2.24, 2.45) is 7.05 Å². The summed E-state index contributed by atoms with van der Waals surface area (Å²) in [5, 5.41) is 16.5. The molecule has 40 heavy (non-hydrogen) atoms. The van der Waals surface area contributed by atoms with Gasteiger partial charge in [0, 0.05) is 35.0 Å². The van der Waals surface area contributed by atoms with E-state index in [0.29, 0.717) is 17.0 Å². The summed E-state index contributed by atoms with van der Waals surface area (Å²) >= 11 is 1.75. The fourth-order valence-electron chi connectivity index (χ4n) is 4.43. The van der Waals surface area contributed by atoms with Gasteiger partial charge in [-0.25, -0.2) is 0 Å². The van der Waals surface area contributed by atoms with Crippen LogP contribution < -0.4 is 10.1 Å². The zero-order chi connectivity index (χ0) is 28.5. The van der Waals surface area contributed by atoms with Crippen LogP contribution in [-0.4, -0.2) is 35.0 Å². The van der Waals surface area contributed by atoms with Crippen molar-refractivity contribution in [2.75, 3.05) is 13.6 Å². The largest absolute Gasteiger partial charge is 0.484 e. The molecule has 206 valence electrons. The fraction of sp³-hybridized carbons (Fsp3) is 0.212. The number of fused-ring (bicyclic) bond motifs is 1. The molecule has 0 radical (unpaired) electrons. The number of carboxylic acid groups (broad SMARTS) is 1. The summed E-state index contributed by atoms with van der Waals surface area (Å²) in [5.41, 5.74) is 2.81. The molecular weight excluding hydrogens is 520 g/mol. The van der Waals surface area contributed by atoms with Gasteiger partial charge in [-0.1, -0.05) is 72.3 Å². The van der Waals surface area contributed by atoms with E-state index >= 15 is 0 Å². The van der Waals surface area contributed by atoms with Crippen LogP contribution in [0.2, 0.25) is 0 Å². The minimum absolute atomic E-state index is 0.0856. The van der Waals surface area contributed by atoms with Gasteiger partial charge in [-0.15, -0.1) is 11.3 Å². The van der Waals surface area contributed by atoms with Crippen molar-refractivity contribution in [3.8, 4) is 5.75 Å². The number of carboxylic acids is 1. The van der Waals surface area contributed by atoms with Crippen molar-refractivity contribution in [3.05, 3.63) is 124 Å². The summed E-state index contributed by atoms with van der Waals surface area (Å²) in [5.74, 6) is -0.0442. The number of rotatable bonds is 10. The molecule has 2 N–H and O–H groups in total. The minimum atomic E-state index is -0.907. The lowest BCUT2D eigenvalue weighted by atomic mass is 10.1. The standard InChI is InChI=1S/C18H19NOS.C15H15NO3/c1-19-12-11-17(18-10-5-13-21-18)20-16-9-4-7-14-6-2-3-8-15(14)16;1-10-3-5-11(6-4-10)15(19)13-8-7-12(16(13)2)9-14(17)18/h2-10,13,17,19H,11-12H2,1H3;3-8H,9H2,1-2H3,(H,17,18)/t17-;/m0./s1. The number of hydrogen-bond acceptors (Lipinski definition) is 5. The maximum absolute atomic E-state index is 12.3. The Bertz CT molecular complexity index is 1550. The average molecular weight is 555 g/mol. The first kappa shape index (κ1) is 28.8. The number of ether oxygens (including phenoxy) is 1. The average Bonchev–Trinajstić information content (AvgIpc) is 3.62. The normalized spacial score (nSPS) is 11.5. The number of carbonyl (C=O) groups excluding carboxylic acids is 1. The van der Waals surface area contributed by atoms with Crippen LogP contribution in [0.25, 0.3) is 10.8 Å². The number of thiophene rings is 1. The van der Waals surface area contributed by atoms with Gasteiger partial charge in [0.25, 0.3) is 0 Å². The van der Waals surface area contributed by atoms with E-state index in [1.807, 2.05) is 26.1 Å². The molecule has 0 bridgehead atoms. The van der Waals surface area contributed by atoms with E-state index in [4.69, 9.17) is 9.84 Å². The summed E-state index contributed by atoms with van der Waals surface area (Å²) in [6.07, 6.45) is 0.973. The number of carbonyl (C=O) groups is 2. The first-order valence-corrected chi connectivity index (χ1v) is 14.1. The van der Waals surface area contributed by atoms with Crippen LogP contribution in [0.4, 0.5) is 0 Å². The van der Waals surface area contributed by atoms with E-state index in [9.17, 15) is 9.59 Å². The van der Waals surface area contributed by atoms with Crippen molar-refractivity contribution in [1.82, 2.24) is 9.88 Å². The first-order chi connectivity index (χ1) is 19.4. The van der Waals surface area contributed by atoms with Crippen LogP contribution in [0.15, 0.2) is 96.4 Å². The number of aryl methyl sites for hydroxylation is 1. The SMILES string of the molecule is CNCC[C@H](Oc1cccc2ccccc12)c1cccs1.Cc1ccc(C(=O)c2ccc(CC(=O)O)n2C)cc1. The lowest BCUT2D eigenvalue weighted by Gasteiger charge is -2.19. The molecular formula is C33H34N2O4S. The van der Waals surface area contributed by atoms with Crippen molar-refractivity contribution in [2.45, 2.75) is 25.9 Å². The third-order valence-electron chi connectivity index (χ3n) is 6.64. The van der Waals surface area contributed by atoms with Gasteiger partial charge in [-0.3, -0.25) is 9.59 Å². The first-order valence-electron chi connectivity index (χ1n) is 13.2. The van der Waals surface area contributed by atoms with Gasteiger partial charge in [0.05, 0.1) is 12.1 Å². The van der Waals surface area contributed by atoms with Gasteiger partial charge in [0.1, 0.15) is 11.9 Å². The molecule has 0 amide bonds. The monoisotopic (exact) mass is 554 g/mol. The maximum Gasteiger partial charge on any atom is 0.309 e. The van der Waals surface area contributed by atoms with Crippen LogP contribution in [0.5, 0.6) is 5.75 Å². The zero-order valence-electron chi connectivity index (χ0n) is 23.0. The van der Waals surface area contributed by atoms with Crippen LogP contribution in [0, 0.1) is 6.92 Å². The van der Waals surface area contributed by atoms with E-state index in [1.54, 1.807) is 47.2 Å². The van der Waals surface area contributed by atoms with Gasteiger partial charge >= 0.3 is 5.97 Å². The molecule has 2 heterocycles. The second-order valence-electron chi connectivity index (χ2n) is 9.53. The van der Waals surface area contributed by atoms with E-state index < -0.39 is 5.97 Å². The van der Waals surface area contributed by atoms with Crippen molar-refractivity contribution >= 4 is 33.9 Å². The van der Waals surface area contributed by atoms with Crippen LogP contribution in [0.3, 0.4) is 0 Å². The highest BCUT2D eigenvalue weighted by atomic mass is 32.1. The van der Waals surface area contributed by atoms with Gasteiger partial charge in [-0.05, 0) is 55.5 Å². The Morgan fingerprint density at radius 3 is 2.40 bits per heavy atom. The second kappa shape index (κ2) is 13.7. The molecule has 0 aliphatic heterocycles. The van der Waals surface area contributed by atoms with E-state index in [-0.39, 0.29) is 18.3 Å². The Morgan fingerprint density at radius 1 is 0.950 bits per heavy atom. The molecule has 1 atom stereocenters. The van der Waals surface area contributed by atoms with Gasteiger partial charge in [0.2, 0.25) is 5.78 Å². The summed E-state index contributed by atoms with van der Waals surface area (Å²) in [6.45, 7) is 2.90. The Hall–Kier alpha value is -4.20. The molecule has 0 spiro atoms. The zero-order valence-corrected chi connectivity index (χ0v) is 23.8. The molecule has 0 saturated carbocycles. The molecule has 5 rings (SSSR count). The predicted octanol–water partition coefficient (Wildman–Crippen LogP) is 6.82. The number of ketones is 1. The smallest absolute Gasteiger partial charge is 0.309 e. The molecule has 0 aliphatic carbocycles. The molecule has 3 aromatic carbocycles. The van der Waals surface area contributed by atoms with Gasteiger partial charge in [-0.2, -0.15) is 0 Å². The Labute approximate surface area is 238 Å². The maximum atomic E-state index is 12.3. The lowest BCUT2D eigenvalue weighted by molar-refractivity contribution is -0.136. The molecule has 5 aromatic rings. The molecule has 0 saturated heterocycles. The molecule has 6 nitrogen and oxygen atoms in total. The van der Waals surface area contributed by atoms with Gasteiger partial charge < -0.3 is 19.7 Å². The third kappa shape index (κ3) is 7.25. The number of nitrogens with zero attached hydrogens (tertiary/aromatic N) is 1. The number of nitrogens with one attached hydrogen (secondary N) is 1. The molecule has 2 aromatic heterocycles. The summed E-state index contributed by atoms with van der Waals surface area (Å²) in [6, 6.07) is 29.5. The second-order valence-corrected chi connectivity index (χ2v) is 10.5. The molecule has 0 aliphatic rings. The Morgan fingerprint density at radius 2 is 1.70 bits per heavy atom. The van der Waals surface area contributed by atoms with Crippen molar-refractivity contribution in [1.29, 1.82) is 0 Å². The van der Waals surface area contributed by atoms with E-state index in [0.717, 1.165) is 24.3 Å². The van der Waals surface area contributed by atoms with E-state index in [2.05, 4.69) is 65.3 Å². The van der Waals surface area contributed by atoms with Crippen LogP contribution in [0.1, 0.15) is 44.7 Å². The topological polar surface area (TPSA) is 80.6 Å². The predicted molar refractivity (Wildman–Crippen MR) is 162 cm³/mol. The Balaban J connectivity index is 0.000000186. The van der Waals surface area contributed by atoms with Gasteiger partial charge in [0.15, 0.2) is 0 Å². The van der Waals surface area contributed by atoms with Crippen molar-refractivity contribution in [3.63, 3.8) is 0 Å². The summed E-state index contributed by atoms with van der Waals surface area (Å²) < 4.78 is 7.98. The fourth-order valence-corrected chi connectivity index (χ4v) is 5.22. The number of aliphatic carboxylic acids is 1. The highest BCUT2D eigenvalue weighted by Crippen LogP contribution is 2.32. The number of hydrogen-bond donors (Lipinski definition) is 2. The molecule has 0 unspecified atom stereocenters.